The van der Waals surface area contributed by atoms with E-state index in [4.69, 9.17) is 17.6 Å². The highest BCUT2D eigenvalue weighted by Gasteiger charge is 2.27. The van der Waals surface area contributed by atoms with E-state index in [1.54, 1.807) is 6.20 Å². The third-order valence-electron chi connectivity index (χ3n) is 6.28. The van der Waals surface area contributed by atoms with E-state index in [2.05, 4.69) is 43.0 Å². The number of hydrogen-bond donors (Lipinski definition) is 1. The van der Waals surface area contributed by atoms with E-state index in [1.165, 1.54) is 24.1 Å². The van der Waals surface area contributed by atoms with Crippen LogP contribution in [0.25, 0.3) is 5.65 Å². The molecule has 0 amide bonds. The second kappa shape index (κ2) is 9.43. The highest BCUT2D eigenvalue weighted by atomic mass is 16.5. The van der Waals surface area contributed by atoms with E-state index >= 15 is 0 Å². The first-order valence-corrected chi connectivity index (χ1v) is 11.7. The smallest absolute Gasteiger partial charge is 0.320 e. The number of imidazole rings is 1. The topological polar surface area (TPSA) is 75.0 Å². The molecule has 3 aromatic rings. The first-order chi connectivity index (χ1) is 16.1. The molecule has 8 nitrogen and oxygen atoms in total. The van der Waals surface area contributed by atoms with Gasteiger partial charge in [0.05, 0.1) is 31.1 Å². The second-order valence-corrected chi connectivity index (χ2v) is 8.79. The molecule has 0 bridgehead atoms. The standard InChI is InChI=1S/C24H29BN6O2/c1-2-33-23(32)16-29-7-9-30(10-8-29)21-11-18(17-3-4-17)14-31-15-20(28-24(21)31)13-27-19-5-6-26-22(25)12-19/h5-6,11-12,14-15,17H,2-4,7-10,13,16H2,1H3,(H,26,27). The molecular weight excluding hydrogens is 415 g/mol. The van der Waals surface area contributed by atoms with Gasteiger partial charge in [0.25, 0.3) is 0 Å². The molecular formula is C24H29BN6O2. The van der Waals surface area contributed by atoms with Crippen LogP contribution >= 0.6 is 0 Å². The number of hydrogen-bond acceptors (Lipinski definition) is 7. The van der Waals surface area contributed by atoms with Crippen molar-refractivity contribution in [3.05, 3.63) is 48.0 Å². The maximum absolute atomic E-state index is 11.8. The Bertz CT molecular complexity index is 1140. The Balaban J connectivity index is 1.33. The van der Waals surface area contributed by atoms with E-state index in [0.717, 1.165) is 43.2 Å². The van der Waals surface area contributed by atoms with Crippen LogP contribution in [0.4, 0.5) is 11.4 Å². The van der Waals surface area contributed by atoms with Crippen LogP contribution in [0.15, 0.2) is 36.8 Å². The molecule has 4 heterocycles. The van der Waals surface area contributed by atoms with Crippen molar-refractivity contribution in [1.82, 2.24) is 19.3 Å². The molecule has 0 aromatic carbocycles. The number of nitrogens with one attached hydrogen (secondary N) is 1. The minimum atomic E-state index is -0.148. The Morgan fingerprint density at radius 1 is 1.21 bits per heavy atom. The van der Waals surface area contributed by atoms with Crippen LogP contribution in [0.2, 0.25) is 0 Å². The number of anilines is 2. The quantitative estimate of drug-likeness (QED) is 0.419. The zero-order chi connectivity index (χ0) is 22.8. The number of pyridine rings is 2. The molecule has 1 aliphatic carbocycles. The summed E-state index contributed by atoms with van der Waals surface area (Å²) in [7, 11) is 5.79. The summed E-state index contributed by atoms with van der Waals surface area (Å²) in [5.74, 6) is 0.507. The van der Waals surface area contributed by atoms with E-state index in [1.807, 2.05) is 19.1 Å². The van der Waals surface area contributed by atoms with Crippen LogP contribution in [0.5, 0.6) is 0 Å². The summed E-state index contributed by atoms with van der Waals surface area (Å²) in [6.07, 6.45) is 8.55. The van der Waals surface area contributed by atoms with Crippen molar-refractivity contribution in [3.8, 4) is 0 Å². The molecule has 33 heavy (non-hydrogen) atoms. The number of carbonyl (C=O) groups is 1. The lowest BCUT2D eigenvalue weighted by Gasteiger charge is -2.35. The summed E-state index contributed by atoms with van der Waals surface area (Å²) in [5.41, 5.74) is 5.93. The number of aromatic nitrogens is 3. The van der Waals surface area contributed by atoms with E-state index in [0.29, 0.717) is 31.2 Å². The Morgan fingerprint density at radius 2 is 2.03 bits per heavy atom. The molecule has 0 atom stereocenters. The fraction of sp³-hybridized carbons (Fsp3) is 0.458. The molecule has 2 aliphatic rings. The summed E-state index contributed by atoms with van der Waals surface area (Å²) >= 11 is 0. The Morgan fingerprint density at radius 3 is 2.76 bits per heavy atom. The number of fused-ring (bicyclic) bond motifs is 1. The van der Waals surface area contributed by atoms with Gasteiger partial charge in [-0.15, -0.1) is 0 Å². The monoisotopic (exact) mass is 444 g/mol. The van der Waals surface area contributed by atoms with Gasteiger partial charge in [0.15, 0.2) is 5.65 Å². The van der Waals surface area contributed by atoms with E-state index in [-0.39, 0.29) is 5.97 Å². The normalized spacial score (nSPS) is 16.8. The maximum atomic E-state index is 11.8. The van der Waals surface area contributed by atoms with Crippen molar-refractivity contribution in [2.24, 2.45) is 0 Å². The fourth-order valence-electron chi connectivity index (χ4n) is 4.40. The van der Waals surface area contributed by atoms with Gasteiger partial charge in [-0.2, -0.15) is 0 Å². The van der Waals surface area contributed by atoms with Crippen LogP contribution in [0, 0.1) is 0 Å². The molecule has 3 aromatic heterocycles. The lowest BCUT2D eigenvalue weighted by molar-refractivity contribution is -0.144. The highest BCUT2D eigenvalue weighted by Crippen LogP contribution is 2.42. The Kier molecular flexibility index (Phi) is 6.22. The summed E-state index contributed by atoms with van der Waals surface area (Å²) in [4.78, 5) is 25.4. The molecule has 1 saturated heterocycles. The predicted molar refractivity (Wildman–Crippen MR) is 129 cm³/mol. The number of carbonyl (C=O) groups excluding carboxylic acids is 1. The average molecular weight is 444 g/mol. The van der Waals surface area contributed by atoms with Crippen molar-refractivity contribution in [2.45, 2.75) is 32.2 Å². The van der Waals surface area contributed by atoms with Crippen molar-refractivity contribution < 1.29 is 9.53 Å². The molecule has 1 aliphatic heterocycles. The first-order valence-electron chi connectivity index (χ1n) is 11.7. The average Bonchev–Trinajstić information content (AvgIpc) is 3.57. The molecule has 170 valence electrons. The Hall–Kier alpha value is -3.07. The van der Waals surface area contributed by atoms with Crippen LogP contribution in [0.1, 0.15) is 36.9 Å². The molecule has 9 heteroatoms. The van der Waals surface area contributed by atoms with Gasteiger partial charge in [0.2, 0.25) is 0 Å². The number of piperazine rings is 1. The van der Waals surface area contributed by atoms with Crippen LogP contribution in [0.3, 0.4) is 0 Å². The minimum Gasteiger partial charge on any atom is -0.465 e. The molecule has 2 radical (unpaired) electrons. The van der Waals surface area contributed by atoms with Gasteiger partial charge in [0.1, 0.15) is 7.85 Å². The number of ether oxygens (including phenoxy) is 1. The van der Waals surface area contributed by atoms with E-state index in [9.17, 15) is 4.79 Å². The second-order valence-electron chi connectivity index (χ2n) is 8.79. The summed E-state index contributed by atoms with van der Waals surface area (Å²) in [6.45, 7) is 6.62. The zero-order valence-electron chi connectivity index (χ0n) is 19.0. The Labute approximate surface area is 195 Å². The summed E-state index contributed by atoms with van der Waals surface area (Å²) < 4.78 is 7.28. The highest BCUT2D eigenvalue weighted by molar-refractivity contribution is 6.30. The number of nitrogens with zero attached hydrogens (tertiary/aromatic N) is 5. The third kappa shape index (κ3) is 5.14. The molecule has 5 rings (SSSR count). The van der Waals surface area contributed by atoms with Crippen LogP contribution < -0.4 is 15.8 Å². The lowest BCUT2D eigenvalue weighted by atomic mass is 10.0. The van der Waals surface area contributed by atoms with Crippen molar-refractivity contribution in [3.63, 3.8) is 0 Å². The molecule has 0 unspecified atom stereocenters. The fourth-order valence-corrected chi connectivity index (χ4v) is 4.40. The van der Waals surface area contributed by atoms with E-state index < -0.39 is 0 Å². The first kappa shape index (κ1) is 21.8. The zero-order valence-corrected chi connectivity index (χ0v) is 19.0. The maximum Gasteiger partial charge on any atom is 0.320 e. The van der Waals surface area contributed by atoms with Gasteiger partial charge < -0.3 is 19.4 Å². The SMILES string of the molecule is [B]c1cc(NCc2cn3cc(C4CC4)cc(N4CCN(CC(=O)OCC)CC4)c3n2)ccn1. The van der Waals surface area contributed by atoms with Gasteiger partial charge in [0, 0.05) is 50.5 Å². The lowest BCUT2D eigenvalue weighted by Crippen LogP contribution is -2.48. The molecule has 0 spiro atoms. The number of esters is 1. The van der Waals surface area contributed by atoms with Crippen molar-refractivity contribution in [2.75, 3.05) is 49.5 Å². The molecule has 1 N–H and O–H groups in total. The van der Waals surface area contributed by atoms with Crippen LogP contribution in [-0.2, 0) is 16.1 Å². The largest absolute Gasteiger partial charge is 0.465 e. The van der Waals surface area contributed by atoms with Gasteiger partial charge in [-0.3, -0.25) is 14.7 Å². The van der Waals surface area contributed by atoms with Crippen LogP contribution in [-0.4, -0.2) is 72.4 Å². The summed E-state index contributed by atoms with van der Waals surface area (Å²) in [6, 6.07) is 6.04. The molecule has 1 saturated carbocycles. The summed E-state index contributed by atoms with van der Waals surface area (Å²) in [5, 5.41) is 3.39. The van der Waals surface area contributed by atoms with Gasteiger partial charge in [-0.25, -0.2) is 4.98 Å². The van der Waals surface area contributed by atoms with Gasteiger partial charge in [-0.05, 0) is 55.0 Å². The van der Waals surface area contributed by atoms with Crippen molar-refractivity contribution in [1.29, 1.82) is 0 Å². The third-order valence-corrected chi connectivity index (χ3v) is 6.28. The van der Waals surface area contributed by atoms with Crippen molar-refractivity contribution >= 4 is 36.4 Å². The predicted octanol–water partition coefficient (Wildman–Crippen LogP) is 1.70. The van der Waals surface area contributed by atoms with Gasteiger partial charge in [-0.1, -0.05) is 0 Å². The molecule has 2 fully saturated rings. The number of rotatable bonds is 8. The van der Waals surface area contributed by atoms with Gasteiger partial charge >= 0.3 is 5.97 Å². The minimum absolute atomic E-state index is 0.148.